The van der Waals surface area contributed by atoms with Gasteiger partial charge in [-0.05, 0) is 101 Å². The maximum Gasteiger partial charge on any atom is 0.0774 e. The minimum atomic E-state index is -0.674. The van der Waals surface area contributed by atoms with Crippen molar-refractivity contribution in [1.29, 1.82) is 0 Å². The zero-order valence-corrected chi connectivity index (χ0v) is 19.6. The van der Waals surface area contributed by atoms with Crippen LogP contribution in [0.1, 0.15) is 85.5 Å². The first-order chi connectivity index (χ1) is 14.0. The summed E-state index contributed by atoms with van der Waals surface area (Å²) in [5.74, 6) is 1.36. The van der Waals surface area contributed by atoms with Crippen LogP contribution in [0.5, 0.6) is 0 Å². The summed E-state index contributed by atoms with van der Waals surface area (Å²) in [4.78, 5) is 0. The van der Waals surface area contributed by atoms with Crippen molar-refractivity contribution in [3.8, 4) is 0 Å². The van der Waals surface area contributed by atoms with Gasteiger partial charge in [-0.15, -0.1) is 0 Å². The van der Waals surface area contributed by atoms with Crippen LogP contribution in [0.25, 0.3) is 0 Å². The van der Waals surface area contributed by atoms with E-state index < -0.39 is 17.8 Å². The summed E-state index contributed by atoms with van der Waals surface area (Å²) in [5, 5.41) is 30.2. The molecule has 30 heavy (non-hydrogen) atoms. The second-order valence-electron chi connectivity index (χ2n) is 11.2. The molecule has 3 aliphatic rings. The van der Waals surface area contributed by atoms with Gasteiger partial charge in [-0.25, -0.2) is 0 Å². The fraction of sp³-hybridized carbons (Fsp3) is 0.846. The van der Waals surface area contributed by atoms with E-state index in [1.54, 1.807) is 5.57 Å². The van der Waals surface area contributed by atoms with Gasteiger partial charge in [-0.1, -0.05) is 25.2 Å². The monoisotopic (exact) mass is 420 g/mol. The van der Waals surface area contributed by atoms with Gasteiger partial charge in [-0.3, -0.25) is 0 Å². The van der Waals surface area contributed by atoms with Crippen LogP contribution < -0.4 is 0 Å². The van der Waals surface area contributed by atoms with E-state index in [-0.39, 0.29) is 17.4 Å². The molecule has 3 rings (SSSR count). The van der Waals surface area contributed by atoms with Gasteiger partial charge in [0.2, 0.25) is 0 Å². The van der Waals surface area contributed by atoms with E-state index in [0.29, 0.717) is 31.3 Å². The highest BCUT2D eigenvalue weighted by Gasteiger charge is 2.51. The van der Waals surface area contributed by atoms with Crippen LogP contribution in [0.15, 0.2) is 23.8 Å². The van der Waals surface area contributed by atoms with Gasteiger partial charge in [0.05, 0.1) is 23.9 Å². The summed E-state index contributed by atoms with van der Waals surface area (Å²) < 4.78 is 6.20. The Balaban J connectivity index is 1.64. The second-order valence-corrected chi connectivity index (χ2v) is 11.2. The molecule has 0 aromatic heterocycles. The molecule has 0 aromatic rings. The van der Waals surface area contributed by atoms with E-state index in [0.717, 1.165) is 18.4 Å². The van der Waals surface area contributed by atoms with Crippen molar-refractivity contribution in [1.82, 2.24) is 0 Å². The third kappa shape index (κ3) is 5.38. The van der Waals surface area contributed by atoms with Gasteiger partial charge < -0.3 is 20.1 Å². The smallest absolute Gasteiger partial charge is 0.0774 e. The minimum absolute atomic E-state index is 0.186. The molecule has 0 bridgehead atoms. The SMILES string of the molecule is C=C1C(C/C=C2\CCC[C@@]3(C)C2CC[C@@H]3[C@H](C)OCCC(C)(C)O)C[C@@H](O)C[C@@H]1O. The van der Waals surface area contributed by atoms with Gasteiger partial charge in [0.25, 0.3) is 0 Å². The summed E-state index contributed by atoms with van der Waals surface area (Å²) in [6.45, 7) is 13.1. The molecule has 4 nitrogen and oxygen atoms in total. The molecular formula is C26H44O4. The highest BCUT2D eigenvalue weighted by atomic mass is 16.5. The predicted molar refractivity (Wildman–Crippen MR) is 121 cm³/mol. The van der Waals surface area contributed by atoms with Crippen molar-refractivity contribution in [2.24, 2.45) is 23.2 Å². The van der Waals surface area contributed by atoms with Gasteiger partial charge >= 0.3 is 0 Å². The van der Waals surface area contributed by atoms with Crippen LogP contribution >= 0.6 is 0 Å². The Labute approximate surface area is 183 Å². The average Bonchev–Trinajstić information content (AvgIpc) is 3.00. The van der Waals surface area contributed by atoms with Crippen LogP contribution in [0, 0.1) is 23.2 Å². The molecule has 0 aromatic carbocycles. The maximum atomic E-state index is 10.2. The molecule has 0 radical (unpaired) electrons. The minimum Gasteiger partial charge on any atom is -0.393 e. The molecule has 7 atom stereocenters. The Kier molecular flexibility index (Phi) is 7.54. The van der Waals surface area contributed by atoms with Gasteiger partial charge in [0, 0.05) is 13.0 Å². The van der Waals surface area contributed by atoms with E-state index in [9.17, 15) is 15.3 Å². The lowest BCUT2D eigenvalue weighted by Gasteiger charge is -2.44. The van der Waals surface area contributed by atoms with Crippen LogP contribution in [0.3, 0.4) is 0 Å². The number of hydrogen-bond donors (Lipinski definition) is 3. The molecule has 4 heteroatoms. The Bertz CT molecular complexity index is 633. The number of aliphatic hydroxyl groups excluding tert-OH is 2. The lowest BCUT2D eigenvalue weighted by molar-refractivity contribution is -0.0454. The van der Waals surface area contributed by atoms with Gasteiger partial charge in [0.15, 0.2) is 0 Å². The molecule has 0 amide bonds. The summed E-state index contributed by atoms with van der Waals surface area (Å²) in [5.41, 5.74) is 2.08. The third-order valence-corrected chi connectivity index (χ3v) is 8.37. The first-order valence-electron chi connectivity index (χ1n) is 12.1. The van der Waals surface area contributed by atoms with Crippen LogP contribution in [-0.4, -0.2) is 45.8 Å². The first-order valence-corrected chi connectivity index (χ1v) is 12.1. The molecule has 3 aliphatic carbocycles. The quantitative estimate of drug-likeness (QED) is 0.519. The zero-order chi connectivity index (χ0) is 22.1. The Morgan fingerprint density at radius 2 is 2.00 bits per heavy atom. The third-order valence-electron chi connectivity index (χ3n) is 8.37. The number of rotatable bonds is 7. The molecular weight excluding hydrogens is 376 g/mol. The highest BCUT2D eigenvalue weighted by molar-refractivity contribution is 5.21. The lowest BCUT2D eigenvalue weighted by Crippen LogP contribution is -2.39. The summed E-state index contributed by atoms with van der Waals surface area (Å²) in [7, 11) is 0. The maximum absolute atomic E-state index is 10.2. The van der Waals surface area contributed by atoms with E-state index in [2.05, 4.69) is 26.5 Å². The van der Waals surface area contributed by atoms with E-state index in [1.165, 1.54) is 32.1 Å². The molecule has 172 valence electrons. The van der Waals surface area contributed by atoms with Crippen molar-refractivity contribution >= 4 is 0 Å². The normalized spacial score (nSPS) is 39.9. The highest BCUT2D eigenvalue weighted by Crippen LogP contribution is 2.58. The number of ether oxygens (including phenoxy) is 1. The molecule has 0 heterocycles. The van der Waals surface area contributed by atoms with Crippen molar-refractivity contribution < 1.29 is 20.1 Å². The lowest BCUT2D eigenvalue weighted by atomic mass is 9.62. The predicted octanol–water partition coefficient (Wildman–Crippen LogP) is 4.77. The summed E-state index contributed by atoms with van der Waals surface area (Å²) >= 11 is 0. The topological polar surface area (TPSA) is 69.9 Å². The van der Waals surface area contributed by atoms with Crippen molar-refractivity contribution in [2.45, 2.75) is 109 Å². The van der Waals surface area contributed by atoms with E-state index in [1.807, 2.05) is 13.8 Å². The Hall–Kier alpha value is -0.680. The van der Waals surface area contributed by atoms with Crippen molar-refractivity contribution in [2.75, 3.05) is 6.61 Å². The van der Waals surface area contributed by atoms with Gasteiger partial charge in [0.1, 0.15) is 0 Å². The summed E-state index contributed by atoms with van der Waals surface area (Å²) in [6.07, 6.45) is 10.4. The van der Waals surface area contributed by atoms with Crippen molar-refractivity contribution in [3.05, 3.63) is 23.8 Å². The average molecular weight is 421 g/mol. The number of hydrogen-bond acceptors (Lipinski definition) is 4. The van der Waals surface area contributed by atoms with E-state index in [4.69, 9.17) is 4.74 Å². The molecule has 2 unspecified atom stereocenters. The number of allylic oxidation sites excluding steroid dienone is 2. The number of fused-ring (bicyclic) bond motifs is 1. The molecule has 3 saturated carbocycles. The Morgan fingerprint density at radius 1 is 1.27 bits per heavy atom. The van der Waals surface area contributed by atoms with Crippen molar-refractivity contribution in [3.63, 3.8) is 0 Å². The standard InChI is InChI=1S/C26H44O4/c1-17-20(15-21(27)16-24(17)28)9-8-19-7-6-12-26(5)22(10-11-23(19)26)18(2)30-14-13-25(3,4)29/h8,18,20-24,27-29H,1,6-7,9-16H2,2-5H3/b19-8+/t18-,20?,21+,22+,23?,24-,26+/m0/s1. The number of aliphatic hydroxyl groups is 3. The molecule has 0 aliphatic heterocycles. The fourth-order valence-electron chi connectivity index (χ4n) is 6.50. The van der Waals surface area contributed by atoms with Gasteiger partial charge in [-0.2, -0.15) is 0 Å². The first kappa shape index (κ1) is 24.0. The summed E-state index contributed by atoms with van der Waals surface area (Å²) in [6, 6.07) is 0. The second kappa shape index (κ2) is 9.44. The van der Waals surface area contributed by atoms with Crippen LogP contribution in [0.2, 0.25) is 0 Å². The molecule has 0 saturated heterocycles. The van der Waals surface area contributed by atoms with Crippen LogP contribution in [0.4, 0.5) is 0 Å². The largest absolute Gasteiger partial charge is 0.393 e. The molecule has 3 fully saturated rings. The fourth-order valence-corrected chi connectivity index (χ4v) is 6.50. The van der Waals surface area contributed by atoms with Crippen LogP contribution in [-0.2, 0) is 4.74 Å². The zero-order valence-electron chi connectivity index (χ0n) is 19.6. The molecule has 3 N–H and O–H groups in total. The molecule has 0 spiro atoms. The van der Waals surface area contributed by atoms with E-state index >= 15 is 0 Å². The Morgan fingerprint density at radius 3 is 2.70 bits per heavy atom.